The van der Waals surface area contributed by atoms with E-state index in [0.717, 1.165) is 80.4 Å². The number of aliphatic hydroxyl groups excluding tert-OH is 4. The average Bonchev–Trinajstić information content (AvgIpc) is 3.84. The first kappa shape index (κ1) is 60.0. The average molecular weight is 1080 g/mol. The molecule has 11 atom stereocenters. The van der Waals surface area contributed by atoms with E-state index >= 15 is 0 Å². The Morgan fingerprint density at radius 3 is 2.26 bits per heavy atom. The molecule has 2 aliphatic heterocycles. The number of nitrogens with zero attached hydrogens (tertiary/aromatic N) is 4. The molecule has 0 bridgehead atoms. The topological polar surface area (TPSA) is 434 Å². The van der Waals surface area contributed by atoms with Crippen LogP contribution in [0.5, 0.6) is 0 Å². The summed E-state index contributed by atoms with van der Waals surface area (Å²) in [7, 11) is -17.6. The van der Waals surface area contributed by atoms with Crippen LogP contribution in [0, 0.1) is 5.41 Å². The zero-order valence-electron chi connectivity index (χ0n) is 38.7. The molecule has 2 unspecified atom stereocenters. The number of aromatic nitrogens is 4. The van der Waals surface area contributed by atoms with Crippen molar-refractivity contribution >= 4 is 69.1 Å². The van der Waals surface area contributed by atoms with Crippen LogP contribution in [-0.2, 0) is 60.2 Å². The maximum Gasteiger partial charge on any atom is 0.274 e. The molecular weight excluding hydrogens is 1020 g/mol. The molecule has 2 aromatic heterocycles. The Bertz CT molecular complexity index is 2160. The van der Waals surface area contributed by atoms with E-state index < -0.39 is 103 Å². The van der Waals surface area contributed by atoms with Crippen molar-refractivity contribution < 1.29 is 100 Å². The first-order chi connectivity index (χ1) is 32.8. The molecule has 2 fully saturated rings. The maximum atomic E-state index is 12.6. The summed E-state index contributed by atoms with van der Waals surface area (Å²) in [4.78, 5) is 96.9. The number of fused-ring (bicyclic) bond motifs is 1. The van der Waals surface area contributed by atoms with E-state index in [0.29, 0.717) is 18.8 Å². The quantitative estimate of drug-likeness (QED) is 0.0334. The fourth-order valence-electron chi connectivity index (χ4n) is 7.07. The number of hydrogen-bond acceptors (Lipinski definition) is 26. The summed E-state index contributed by atoms with van der Waals surface area (Å²) >= 11 is 1.10. The second-order valence-electron chi connectivity index (χ2n) is 17.2. The van der Waals surface area contributed by atoms with Crippen LogP contribution in [0.1, 0.15) is 97.6 Å². The van der Waals surface area contributed by atoms with E-state index in [2.05, 4.69) is 43.5 Å². The summed E-state index contributed by atoms with van der Waals surface area (Å²) in [5, 5.41) is 46.1. The van der Waals surface area contributed by atoms with Gasteiger partial charge in [0.2, 0.25) is 11.8 Å². The van der Waals surface area contributed by atoms with Gasteiger partial charge in [-0.3, -0.25) is 28.1 Å². The van der Waals surface area contributed by atoms with Crippen molar-refractivity contribution in [3.05, 3.63) is 12.7 Å². The van der Waals surface area contributed by atoms with Gasteiger partial charge in [-0.25, -0.2) is 19.3 Å². The summed E-state index contributed by atoms with van der Waals surface area (Å²) in [6.07, 6.45) is -1.98. The Hall–Kier alpha value is -2.60. The van der Waals surface area contributed by atoms with E-state index in [9.17, 15) is 68.1 Å². The summed E-state index contributed by atoms with van der Waals surface area (Å²) < 4.78 is 71.9. The van der Waals surface area contributed by atoms with Crippen LogP contribution in [0.15, 0.2) is 12.7 Å². The number of carbonyl (C=O) groups is 3. The van der Waals surface area contributed by atoms with Crippen molar-refractivity contribution in [1.29, 1.82) is 0 Å². The minimum atomic E-state index is -5.93. The van der Waals surface area contributed by atoms with E-state index in [1.54, 1.807) is 6.92 Å². The van der Waals surface area contributed by atoms with Crippen molar-refractivity contribution in [2.75, 3.05) is 44.4 Å². The SMILES string of the molecule is C[C@@H]1O[C@@H](OCCCCCCCCCCC(=O)SCCNC(=O)CCNC(=O)[C@H](O)C(C)(C)COP(=O)([O-])OP(=O)([O-])OC[C@H]2O[C@@H](n3cnc4c(N)ncnc43)[C@H](O)[C@@H]2OP(=O)([O-])[O-])[C@H](O)C[C@H]1O. The highest BCUT2D eigenvalue weighted by atomic mass is 32.2. The lowest BCUT2D eigenvalue weighted by atomic mass is 9.87. The molecule has 28 nitrogen and oxygen atoms in total. The van der Waals surface area contributed by atoms with Crippen molar-refractivity contribution in [2.45, 2.75) is 147 Å². The summed E-state index contributed by atoms with van der Waals surface area (Å²) in [5.74, 6) is -1.23. The number of carbonyl (C=O) groups excluding carboxylic acids is 3. The smallest absolute Gasteiger partial charge is 0.274 e. The fourth-order valence-corrected chi connectivity index (χ4v) is 10.5. The molecule has 400 valence electrons. The Kier molecular flexibility index (Phi) is 23.7. The largest absolute Gasteiger partial charge is 0.790 e. The molecule has 0 saturated carbocycles. The van der Waals surface area contributed by atoms with Gasteiger partial charge in [0.25, 0.3) is 15.6 Å². The molecule has 0 aliphatic carbocycles. The van der Waals surface area contributed by atoms with Gasteiger partial charge in [-0.05, 0) is 19.8 Å². The molecule has 2 aliphatic rings. The highest BCUT2D eigenvalue weighted by Crippen LogP contribution is 2.56. The van der Waals surface area contributed by atoms with Gasteiger partial charge >= 0.3 is 0 Å². The van der Waals surface area contributed by atoms with Crippen LogP contribution in [0.3, 0.4) is 0 Å². The molecule has 4 heterocycles. The second-order valence-corrected chi connectivity index (χ2v) is 22.4. The molecule has 0 aromatic carbocycles. The number of imidazole rings is 1. The van der Waals surface area contributed by atoms with Crippen LogP contribution < -0.4 is 35.9 Å². The zero-order valence-corrected chi connectivity index (χ0v) is 42.2. The lowest BCUT2D eigenvalue weighted by Gasteiger charge is -2.36. The third-order valence-corrected chi connectivity index (χ3v) is 14.9. The number of thioether (sulfide) groups is 1. The number of rotatable bonds is 31. The molecule has 0 spiro atoms. The number of nitrogen functional groups attached to an aromatic ring is 1. The Balaban J connectivity index is 1.05. The standard InChI is InChI=1S/C38H66N7O21P3S/c1-23-24(46)18-25(47)37(63-23)60-16-11-9-7-5-4-6-8-10-12-28(49)70-17-15-40-27(48)13-14-41-35(52)32(51)38(2,3)20-62-69(58,59)66-68(56,57)61-19-26-31(65-67(53,54)55)30(50)36(64-26)45-22-44-29-33(39)42-21-43-34(29)45/h21-26,30-32,36-37,46-47,50-51H,4-20H2,1-3H3,(H,40,48)(H,41,52)(H,56,57)(H,58,59)(H2,39,42,43)(H2,53,54,55)/p-4/t23-,24+,25+,26+,30+,31+,32-,36+,37+/m0/s1. The molecule has 2 amide bonds. The van der Waals surface area contributed by atoms with Gasteiger partial charge in [0, 0.05) is 50.1 Å². The maximum absolute atomic E-state index is 12.6. The number of nitrogens with one attached hydrogen (secondary N) is 2. The van der Waals surface area contributed by atoms with Gasteiger partial charge in [0.15, 0.2) is 29.1 Å². The summed E-state index contributed by atoms with van der Waals surface area (Å²) in [6, 6.07) is 0. The summed E-state index contributed by atoms with van der Waals surface area (Å²) in [5.41, 5.74) is 4.06. The Morgan fingerprint density at radius 2 is 1.57 bits per heavy atom. The summed E-state index contributed by atoms with van der Waals surface area (Å²) in [6.45, 7) is 2.28. The predicted octanol–water partition coefficient (Wildman–Crippen LogP) is -1.48. The molecule has 0 radical (unpaired) electrons. The van der Waals surface area contributed by atoms with Crippen LogP contribution in [0.2, 0.25) is 0 Å². The molecule has 4 rings (SSSR count). The third-order valence-electron chi connectivity index (χ3n) is 11.0. The molecule has 32 heteroatoms. The monoisotopic (exact) mass is 1080 g/mol. The number of amides is 2. The van der Waals surface area contributed by atoms with Crippen LogP contribution >= 0.6 is 35.2 Å². The van der Waals surface area contributed by atoms with Crippen molar-refractivity contribution in [3.8, 4) is 0 Å². The number of ether oxygens (including phenoxy) is 3. The number of unbranched alkanes of at least 4 members (excludes halogenated alkanes) is 7. The number of aliphatic hydroxyl groups is 4. The lowest BCUT2D eigenvalue weighted by molar-refractivity contribution is -0.347. The Labute approximate surface area is 407 Å². The number of phosphoric ester groups is 3. The number of nitrogens with two attached hydrogens (primary N) is 1. The van der Waals surface area contributed by atoms with Gasteiger partial charge in [-0.1, -0.05) is 64.1 Å². The van der Waals surface area contributed by atoms with Crippen LogP contribution in [-0.4, -0.2) is 145 Å². The molecule has 70 heavy (non-hydrogen) atoms. The molecular formula is C38H62N7O21P3S-4. The normalized spacial score (nSPS) is 25.3. The highest BCUT2D eigenvalue weighted by Gasteiger charge is 2.47. The predicted molar refractivity (Wildman–Crippen MR) is 237 cm³/mol. The molecule has 2 aromatic rings. The molecule has 2 saturated heterocycles. The fraction of sp³-hybridized carbons (Fsp3) is 0.789. The first-order valence-electron chi connectivity index (χ1n) is 22.4. The number of anilines is 1. The number of phosphoric acid groups is 3. The van der Waals surface area contributed by atoms with Crippen molar-refractivity contribution in [2.24, 2.45) is 5.41 Å². The van der Waals surface area contributed by atoms with E-state index in [1.807, 2.05) is 0 Å². The third kappa shape index (κ3) is 19.7. The van der Waals surface area contributed by atoms with E-state index in [1.165, 1.54) is 13.8 Å². The second kappa shape index (κ2) is 27.6. The minimum absolute atomic E-state index is 0.00541. The van der Waals surface area contributed by atoms with Crippen molar-refractivity contribution in [3.63, 3.8) is 0 Å². The zero-order chi connectivity index (χ0) is 51.9. The van der Waals surface area contributed by atoms with E-state index in [-0.39, 0.29) is 54.1 Å². The van der Waals surface area contributed by atoms with Gasteiger partial charge < -0.3 is 88.7 Å². The lowest BCUT2D eigenvalue weighted by Crippen LogP contribution is -2.47. The van der Waals surface area contributed by atoms with Gasteiger partial charge in [-0.15, -0.1) is 0 Å². The first-order valence-corrected chi connectivity index (χ1v) is 27.8. The van der Waals surface area contributed by atoms with Crippen LogP contribution in [0.25, 0.3) is 11.2 Å². The highest BCUT2D eigenvalue weighted by molar-refractivity contribution is 8.13. The number of hydrogen-bond donors (Lipinski definition) is 7. The Morgan fingerprint density at radius 1 is 0.914 bits per heavy atom. The van der Waals surface area contributed by atoms with E-state index in [4.69, 9.17) is 19.9 Å². The van der Waals surface area contributed by atoms with Gasteiger partial charge in [-0.2, -0.15) is 0 Å². The van der Waals surface area contributed by atoms with Crippen molar-refractivity contribution in [1.82, 2.24) is 30.2 Å². The molecule has 8 N–H and O–H groups in total. The van der Waals surface area contributed by atoms with Crippen LogP contribution in [0.4, 0.5) is 5.82 Å². The van der Waals surface area contributed by atoms with Gasteiger partial charge in [0.1, 0.15) is 42.4 Å². The minimum Gasteiger partial charge on any atom is -0.790 e. The van der Waals surface area contributed by atoms with Gasteiger partial charge in [0.05, 0.1) is 39.6 Å².